The van der Waals surface area contributed by atoms with Gasteiger partial charge in [-0.2, -0.15) is 37.1 Å². The molecule has 6 aromatic rings. The van der Waals surface area contributed by atoms with E-state index < -0.39 is 81.0 Å². The Balaban J connectivity index is 1.20. The van der Waals surface area contributed by atoms with E-state index in [2.05, 4.69) is 30.5 Å². The average molecular weight is 875 g/mol. The summed E-state index contributed by atoms with van der Waals surface area (Å²) < 4.78 is 133. The fraction of sp³-hybridized carbons (Fsp3) is 0.342. The first-order valence-corrected chi connectivity index (χ1v) is 21.3. The van der Waals surface area contributed by atoms with Crippen molar-refractivity contribution >= 4 is 59.5 Å². The van der Waals surface area contributed by atoms with Gasteiger partial charge in [0, 0.05) is 67.3 Å². The van der Waals surface area contributed by atoms with Gasteiger partial charge in [0.15, 0.2) is 22.3 Å². The summed E-state index contributed by atoms with van der Waals surface area (Å²) in [5.41, 5.74) is -1.60. The Labute approximate surface area is 340 Å². The van der Waals surface area contributed by atoms with Gasteiger partial charge in [0.1, 0.15) is 23.9 Å². The van der Waals surface area contributed by atoms with Crippen LogP contribution in [0.25, 0.3) is 32.4 Å². The number of fused-ring (bicyclic) bond motifs is 5. The van der Waals surface area contributed by atoms with Gasteiger partial charge in [-0.15, -0.1) is 0 Å². The molecule has 1 amide bonds. The van der Waals surface area contributed by atoms with E-state index in [1.165, 1.54) is 22.1 Å². The summed E-state index contributed by atoms with van der Waals surface area (Å²) >= 11 is 1.34. The lowest BCUT2D eigenvalue weighted by Crippen LogP contribution is -2.43. The standard InChI is InChI=1S/C38H33F7N10O3S2/c1-53-31-21(4-3-5-23(31)34(51-53)52-60(2,57)58)24-16-27-35(49-36(59-27)54-10-8-46-9-11-54)48-30(24)26(14-18-12-19(39)15-20(40)13-18)47-28(56)17-55-33-29(32(50-55)38(43,44)45)22-6-7-25(22)37(33,41)42/h3-7,12-13,15-16,22,25-26,46H,8-11,14,17H2,1-2H3,(H,47,56)(H,51,52)/t22-,25+,26-/m0/s1. The fourth-order valence-corrected chi connectivity index (χ4v) is 9.78. The minimum absolute atomic E-state index is 0.0247. The van der Waals surface area contributed by atoms with Gasteiger partial charge in [-0.1, -0.05) is 35.6 Å². The Morgan fingerprint density at radius 1 is 1.03 bits per heavy atom. The number of rotatable bonds is 10. The molecule has 22 heteroatoms. The summed E-state index contributed by atoms with van der Waals surface area (Å²) in [5.74, 6) is -9.40. The molecule has 1 aliphatic heterocycles. The molecule has 0 unspecified atom stereocenters. The molecule has 3 aliphatic rings. The number of hydrogen-bond acceptors (Lipinski definition) is 10. The quantitative estimate of drug-likeness (QED) is 0.111. The number of pyridine rings is 1. The predicted molar refractivity (Wildman–Crippen MR) is 208 cm³/mol. The van der Waals surface area contributed by atoms with Crippen molar-refractivity contribution in [2.24, 2.45) is 13.0 Å². The van der Waals surface area contributed by atoms with Crippen molar-refractivity contribution in [1.29, 1.82) is 0 Å². The molecule has 9 rings (SSSR count). The molecule has 13 nitrogen and oxygen atoms in total. The summed E-state index contributed by atoms with van der Waals surface area (Å²) in [6, 6.07) is 8.17. The van der Waals surface area contributed by atoms with Crippen LogP contribution in [0.3, 0.4) is 0 Å². The minimum atomic E-state index is -5.10. The van der Waals surface area contributed by atoms with Crippen molar-refractivity contribution in [2.45, 2.75) is 37.0 Å². The molecule has 60 heavy (non-hydrogen) atoms. The number of carbonyl (C=O) groups excluding carboxylic acids is 1. The van der Waals surface area contributed by atoms with Crippen LogP contribution < -0.4 is 20.3 Å². The summed E-state index contributed by atoms with van der Waals surface area (Å²) in [7, 11) is -2.19. The fourth-order valence-electron chi connectivity index (χ4n) is 8.28. The molecule has 3 N–H and O–H groups in total. The van der Waals surface area contributed by atoms with Crippen LogP contribution in [0.15, 0.2) is 54.6 Å². The molecule has 1 saturated heterocycles. The number of alkyl halides is 5. The predicted octanol–water partition coefficient (Wildman–Crippen LogP) is 5.99. The molecule has 0 spiro atoms. The second kappa shape index (κ2) is 14.3. The van der Waals surface area contributed by atoms with Gasteiger partial charge in [0.25, 0.3) is 5.92 Å². The average Bonchev–Trinajstić information content (AvgIpc) is 3.85. The minimum Gasteiger partial charge on any atom is -0.346 e. The van der Waals surface area contributed by atoms with Crippen LogP contribution in [0.4, 0.5) is 41.7 Å². The van der Waals surface area contributed by atoms with E-state index in [1.54, 1.807) is 31.3 Å². The number of para-hydroxylation sites is 1. The molecule has 0 radical (unpaired) electrons. The van der Waals surface area contributed by atoms with Gasteiger partial charge in [-0.05, 0) is 36.2 Å². The number of carbonyl (C=O) groups is 1. The Morgan fingerprint density at radius 2 is 1.77 bits per heavy atom. The van der Waals surface area contributed by atoms with E-state index in [0.29, 0.717) is 68.8 Å². The van der Waals surface area contributed by atoms with Crippen molar-refractivity contribution in [1.82, 2.24) is 40.2 Å². The number of aromatic nitrogens is 6. The van der Waals surface area contributed by atoms with Crippen molar-refractivity contribution in [2.75, 3.05) is 42.1 Å². The van der Waals surface area contributed by atoms with Gasteiger partial charge in [0.05, 0.1) is 34.1 Å². The summed E-state index contributed by atoms with van der Waals surface area (Å²) in [5, 5.41) is 14.9. The van der Waals surface area contributed by atoms with Crippen LogP contribution in [-0.4, -0.2) is 76.3 Å². The summed E-state index contributed by atoms with van der Waals surface area (Å²) in [6.07, 6.45) is -2.09. The first kappa shape index (κ1) is 39.8. The first-order valence-electron chi connectivity index (χ1n) is 18.6. The molecule has 314 valence electrons. The highest BCUT2D eigenvalue weighted by molar-refractivity contribution is 7.92. The molecule has 2 aromatic carbocycles. The second-order valence-corrected chi connectivity index (χ2v) is 17.7. The highest BCUT2D eigenvalue weighted by Crippen LogP contribution is 2.60. The van der Waals surface area contributed by atoms with Crippen molar-refractivity contribution < 1.29 is 43.9 Å². The highest BCUT2D eigenvalue weighted by Gasteiger charge is 2.61. The molecular formula is C38H33F7N10O3S2. The number of allylic oxidation sites excluding steroid dienone is 2. The normalized spacial score (nSPS) is 19.1. The number of nitrogens with zero attached hydrogens (tertiary/aromatic N) is 7. The molecule has 5 heterocycles. The lowest BCUT2D eigenvalue weighted by atomic mass is 9.81. The Bertz CT molecular complexity index is 2850. The van der Waals surface area contributed by atoms with Crippen molar-refractivity contribution in [3.05, 3.63) is 94.5 Å². The van der Waals surface area contributed by atoms with E-state index in [1.807, 2.05) is 0 Å². The third-order valence-corrected chi connectivity index (χ3v) is 12.4. The van der Waals surface area contributed by atoms with Gasteiger partial charge in [0.2, 0.25) is 15.9 Å². The van der Waals surface area contributed by atoms with Crippen molar-refractivity contribution in [3.8, 4) is 11.1 Å². The lowest BCUT2D eigenvalue weighted by Gasteiger charge is -2.27. The number of benzene rings is 2. The van der Waals surface area contributed by atoms with Gasteiger partial charge in [-0.25, -0.2) is 22.2 Å². The van der Waals surface area contributed by atoms with E-state index in [-0.39, 0.29) is 29.1 Å². The van der Waals surface area contributed by atoms with Gasteiger partial charge in [-0.3, -0.25) is 18.9 Å². The number of anilines is 2. The monoisotopic (exact) mass is 874 g/mol. The largest absolute Gasteiger partial charge is 0.435 e. The Morgan fingerprint density at radius 3 is 2.43 bits per heavy atom. The zero-order valence-electron chi connectivity index (χ0n) is 31.5. The third-order valence-electron chi connectivity index (χ3n) is 10.8. The lowest BCUT2D eigenvalue weighted by molar-refractivity contribution is -0.142. The van der Waals surface area contributed by atoms with E-state index in [4.69, 9.17) is 9.97 Å². The molecular weight excluding hydrogens is 842 g/mol. The second-order valence-electron chi connectivity index (χ2n) is 15.0. The molecule has 1 fully saturated rings. The van der Waals surface area contributed by atoms with Gasteiger partial charge >= 0.3 is 6.18 Å². The number of piperazine rings is 1. The smallest absolute Gasteiger partial charge is 0.346 e. The Kier molecular flexibility index (Phi) is 9.46. The molecule has 3 atom stereocenters. The topological polar surface area (TPSA) is 152 Å². The maximum absolute atomic E-state index is 15.7. The zero-order valence-corrected chi connectivity index (χ0v) is 33.1. The number of thiazole rings is 1. The van der Waals surface area contributed by atoms with E-state index >= 15 is 8.78 Å². The third kappa shape index (κ3) is 7.02. The van der Waals surface area contributed by atoms with E-state index in [9.17, 15) is 35.2 Å². The van der Waals surface area contributed by atoms with Crippen LogP contribution in [0, 0.1) is 17.6 Å². The molecule has 0 bridgehead atoms. The van der Waals surface area contributed by atoms with E-state index in [0.717, 1.165) is 24.5 Å². The highest BCUT2D eigenvalue weighted by atomic mass is 32.2. The van der Waals surface area contributed by atoms with Gasteiger partial charge < -0.3 is 15.5 Å². The summed E-state index contributed by atoms with van der Waals surface area (Å²) in [6.45, 7) is 1.65. The van der Waals surface area contributed by atoms with Crippen LogP contribution in [0.1, 0.15) is 40.2 Å². The summed E-state index contributed by atoms with van der Waals surface area (Å²) in [4.78, 5) is 25.9. The number of hydrogen-bond donors (Lipinski definition) is 3. The molecule has 0 saturated carbocycles. The van der Waals surface area contributed by atoms with Crippen LogP contribution >= 0.6 is 11.3 Å². The SMILES string of the molecule is Cn1nc(NS(C)(=O)=O)c2cccc(-c3cc4sc(N5CCNCC5)nc4nc3[C@H](Cc3cc(F)cc(F)c3)NC(=O)Cn3nc(C(F)(F)F)c4c3C(F)(F)[C@@H]3C=C[C@H]43)c21. The first-order chi connectivity index (χ1) is 28.4. The zero-order chi connectivity index (χ0) is 42.5. The van der Waals surface area contributed by atoms with Crippen LogP contribution in [0.5, 0.6) is 0 Å². The Hall–Kier alpha value is -5.61. The maximum Gasteiger partial charge on any atom is 0.435 e. The number of amides is 1. The number of halogens is 7. The van der Waals surface area contributed by atoms with Crippen molar-refractivity contribution in [3.63, 3.8) is 0 Å². The number of nitrogens with one attached hydrogen (secondary N) is 3. The maximum atomic E-state index is 15.7. The van der Waals surface area contributed by atoms with Crippen LogP contribution in [0.2, 0.25) is 0 Å². The number of aryl methyl sites for hydroxylation is 1. The number of sulfonamides is 1. The molecule has 2 aliphatic carbocycles. The van der Waals surface area contributed by atoms with Crippen LogP contribution in [-0.2, 0) is 46.9 Å². The molecule has 4 aromatic heterocycles.